The maximum Gasteiger partial charge on any atom is 0.416 e. The van der Waals surface area contributed by atoms with Crippen LogP contribution in [-0.4, -0.2) is 23.1 Å². The molecule has 1 heterocycles. The van der Waals surface area contributed by atoms with E-state index in [0.29, 0.717) is 17.1 Å². The normalized spacial score (nSPS) is 19.8. The van der Waals surface area contributed by atoms with Gasteiger partial charge < -0.3 is 16.4 Å². The fourth-order valence-electron chi connectivity index (χ4n) is 2.09. The van der Waals surface area contributed by atoms with Crippen LogP contribution in [-0.2, 0) is 12.7 Å². The summed E-state index contributed by atoms with van der Waals surface area (Å²) in [5.74, 6) is 0. The molecule has 0 unspecified atom stereocenters. The van der Waals surface area contributed by atoms with E-state index in [0.717, 1.165) is 23.4 Å². The van der Waals surface area contributed by atoms with Gasteiger partial charge in [-0.2, -0.15) is 13.2 Å². The summed E-state index contributed by atoms with van der Waals surface area (Å²) in [6.07, 6.45) is -1.97. The van der Waals surface area contributed by atoms with Gasteiger partial charge in [-0.05, 0) is 18.6 Å². The molecule has 2 aromatic rings. The minimum atomic E-state index is -4.35. The maximum atomic E-state index is 12.6. The number of hydrogen-bond acceptors (Lipinski definition) is 4. The molecule has 0 aliphatic heterocycles. The average Bonchev–Trinajstić information content (AvgIpc) is 3.02. The second kappa shape index (κ2) is 6.40. The number of halogens is 3. The second-order valence-corrected chi connectivity index (χ2v) is 6.66. The molecule has 128 valence electrons. The first-order valence-corrected chi connectivity index (χ1v) is 8.07. The number of urea groups is 1. The van der Waals surface area contributed by atoms with Gasteiger partial charge >= 0.3 is 12.2 Å². The van der Waals surface area contributed by atoms with Crippen molar-refractivity contribution in [1.82, 2.24) is 15.6 Å². The Morgan fingerprint density at radius 1 is 1.33 bits per heavy atom. The molecule has 1 aromatic carbocycles. The van der Waals surface area contributed by atoms with E-state index in [1.165, 1.54) is 23.5 Å². The number of thiazole rings is 1. The molecule has 1 fully saturated rings. The number of carbonyl (C=O) groups excluding carboxylic acids is 1. The van der Waals surface area contributed by atoms with Crippen molar-refractivity contribution in [3.63, 3.8) is 0 Å². The van der Waals surface area contributed by atoms with Crippen LogP contribution < -0.4 is 16.4 Å². The molecule has 0 bridgehead atoms. The number of carbonyl (C=O) groups is 1. The van der Waals surface area contributed by atoms with Crippen LogP contribution in [0, 0.1) is 0 Å². The molecule has 3 rings (SSSR count). The summed E-state index contributed by atoms with van der Waals surface area (Å²) < 4.78 is 37.7. The number of alkyl halides is 3. The highest BCUT2D eigenvalue weighted by atomic mass is 32.1. The van der Waals surface area contributed by atoms with Gasteiger partial charge in [-0.3, -0.25) is 0 Å². The van der Waals surface area contributed by atoms with E-state index in [2.05, 4.69) is 15.6 Å². The zero-order valence-electron chi connectivity index (χ0n) is 12.4. The van der Waals surface area contributed by atoms with Crippen molar-refractivity contribution in [2.45, 2.75) is 31.2 Å². The van der Waals surface area contributed by atoms with E-state index in [9.17, 15) is 18.0 Å². The zero-order valence-corrected chi connectivity index (χ0v) is 13.2. The van der Waals surface area contributed by atoms with Crippen LogP contribution in [0.1, 0.15) is 16.9 Å². The molecule has 0 spiro atoms. The van der Waals surface area contributed by atoms with Crippen LogP contribution in [0.4, 0.5) is 18.0 Å². The number of benzene rings is 1. The van der Waals surface area contributed by atoms with Crippen LogP contribution in [0.15, 0.2) is 30.5 Å². The molecule has 1 aliphatic carbocycles. The largest absolute Gasteiger partial charge is 0.416 e. The molecule has 1 saturated carbocycles. The summed E-state index contributed by atoms with van der Waals surface area (Å²) in [4.78, 5) is 16.6. The summed E-state index contributed by atoms with van der Waals surface area (Å²) in [5, 5.41) is 6.04. The Kier molecular flexibility index (Phi) is 4.46. The first kappa shape index (κ1) is 16.7. The van der Waals surface area contributed by atoms with Gasteiger partial charge in [0, 0.05) is 28.7 Å². The minimum absolute atomic E-state index is 0.0328. The molecule has 2 amide bonds. The lowest BCUT2D eigenvalue weighted by atomic mass is 10.1. The van der Waals surface area contributed by atoms with Crippen LogP contribution in [0.3, 0.4) is 0 Å². The van der Waals surface area contributed by atoms with E-state index in [4.69, 9.17) is 5.73 Å². The van der Waals surface area contributed by atoms with Crippen molar-refractivity contribution in [2.24, 2.45) is 5.73 Å². The predicted molar refractivity (Wildman–Crippen MR) is 84.3 cm³/mol. The molecule has 1 aliphatic rings. The molecular weight excluding hydrogens is 341 g/mol. The van der Waals surface area contributed by atoms with Crippen molar-refractivity contribution >= 4 is 17.4 Å². The second-order valence-electron chi connectivity index (χ2n) is 5.54. The Hall–Kier alpha value is -2.13. The van der Waals surface area contributed by atoms with Crippen molar-refractivity contribution in [3.05, 3.63) is 40.9 Å². The van der Waals surface area contributed by atoms with Gasteiger partial charge in [-0.25, -0.2) is 9.78 Å². The average molecular weight is 356 g/mol. The Labute approximate surface area is 140 Å². The smallest absolute Gasteiger partial charge is 0.334 e. The van der Waals surface area contributed by atoms with Crippen molar-refractivity contribution < 1.29 is 18.0 Å². The number of hydrogen-bond donors (Lipinski definition) is 3. The molecule has 5 nitrogen and oxygen atoms in total. The third-order valence-electron chi connectivity index (χ3n) is 3.59. The predicted octanol–water partition coefficient (Wildman–Crippen LogP) is 2.73. The first-order valence-electron chi connectivity index (χ1n) is 7.25. The summed E-state index contributed by atoms with van der Waals surface area (Å²) in [6, 6.07) is 4.61. The number of nitrogens with two attached hydrogens (primary N) is 1. The van der Waals surface area contributed by atoms with Gasteiger partial charge in [0.15, 0.2) is 0 Å². The van der Waals surface area contributed by atoms with E-state index >= 15 is 0 Å². The standard InChI is InChI=1S/C15H15F3N4OS/c16-15(17,18)9-3-1-8(2-4-9)13-20-6-10(24-13)7-21-14(23)22-12-5-11(12)19/h1-4,6,11-12H,5,7,19H2,(H2,21,22,23)/t11-,12-/m1/s1. The summed E-state index contributed by atoms with van der Waals surface area (Å²) in [5.41, 5.74) is 5.52. The molecule has 4 N–H and O–H groups in total. The maximum absolute atomic E-state index is 12.6. The third kappa shape index (κ3) is 4.04. The fraction of sp³-hybridized carbons (Fsp3) is 0.333. The lowest BCUT2D eigenvalue weighted by Crippen LogP contribution is -2.38. The van der Waals surface area contributed by atoms with Gasteiger partial charge in [0.05, 0.1) is 12.1 Å². The van der Waals surface area contributed by atoms with E-state index in [-0.39, 0.29) is 18.1 Å². The Morgan fingerprint density at radius 2 is 2.00 bits per heavy atom. The topological polar surface area (TPSA) is 80.0 Å². The lowest BCUT2D eigenvalue weighted by Gasteiger charge is -2.06. The highest BCUT2D eigenvalue weighted by Crippen LogP contribution is 2.32. The third-order valence-corrected chi connectivity index (χ3v) is 4.64. The van der Waals surface area contributed by atoms with E-state index in [1.807, 2.05) is 0 Å². The Bertz CT molecular complexity index is 729. The number of aromatic nitrogens is 1. The van der Waals surface area contributed by atoms with Gasteiger partial charge in [-0.1, -0.05) is 12.1 Å². The molecule has 24 heavy (non-hydrogen) atoms. The lowest BCUT2D eigenvalue weighted by molar-refractivity contribution is -0.137. The number of rotatable bonds is 4. The molecular formula is C15H15F3N4OS. The highest BCUT2D eigenvalue weighted by Gasteiger charge is 2.34. The summed E-state index contributed by atoms with van der Waals surface area (Å²) >= 11 is 1.32. The minimum Gasteiger partial charge on any atom is -0.334 e. The van der Waals surface area contributed by atoms with Crippen LogP contribution in [0.5, 0.6) is 0 Å². The van der Waals surface area contributed by atoms with Gasteiger partial charge in [0.2, 0.25) is 0 Å². The van der Waals surface area contributed by atoms with E-state index in [1.54, 1.807) is 6.20 Å². The molecule has 0 radical (unpaired) electrons. The Morgan fingerprint density at radius 3 is 2.58 bits per heavy atom. The highest BCUT2D eigenvalue weighted by molar-refractivity contribution is 7.15. The zero-order chi connectivity index (χ0) is 17.3. The summed E-state index contributed by atoms with van der Waals surface area (Å²) in [6.45, 7) is 0.298. The monoisotopic (exact) mass is 356 g/mol. The van der Waals surface area contributed by atoms with Crippen LogP contribution >= 0.6 is 11.3 Å². The van der Waals surface area contributed by atoms with Gasteiger partial charge in [-0.15, -0.1) is 11.3 Å². The Balaban J connectivity index is 1.57. The van der Waals surface area contributed by atoms with Crippen LogP contribution in [0.25, 0.3) is 10.6 Å². The first-order chi connectivity index (χ1) is 11.3. The van der Waals surface area contributed by atoms with Crippen LogP contribution in [0.2, 0.25) is 0 Å². The van der Waals surface area contributed by atoms with Gasteiger partial charge in [0.25, 0.3) is 0 Å². The summed E-state index contributed by atoms with van der Waals surface area (Å²) in [7, 11) is 0. The molecule has 9 heteroatoms. The SMILES string of the molecule is N[C@@H]1C[C@H]1NC(=O)NCc1cnc(-c2ccc(C(F)(F)F)cc2)s1. The van der Waals surface area contributed by atoms with E-state index < -0.39 is 11.7 Å². The molecule has 0 saturated heterocycles. The number of nitrogens with zero attached hydrogens (tertiary/aromatic N) is 1. The number of nitrogens with one attached hydrogen (secondary N) is 2. The molecule has 1 aromatic heterocycles. The van der Waals surface area contributed by atoms with Gasteiger partial charge in [0.1, 0.15) is 5.01 Å². The van der Waals surface area contributed by atoms with Crippen molar-refractivity contribution in [1.29, 1.82) is 0 Å². The quantitative estimate of drug-likeness (QED) is 0.788. The van der Waals surface area contributed by atoms with Crippen molar-refractivity contribution in [3.8, 4) is 10.6 Å². The number of amides is 2. The van der Waals surface area contributed by atoms with Crippen molar-refractivity contribution in [2.75, 3.05) is 0 Å². The molecule has 2 atom stereocenters. The fourth-order valence-corrected chi connectivity index (χ4v) is 2.95.